The minimum Gasteiger partial charge on any atom is -0.466 e. The number of allylic oxidation sites excluding steroid dienone is 2. The molecule has 1 aliphatic heterocycles. The van der Waals surface area contributed by atoms with Gasteiger partial charge in [0.05, 0.1) is 29.7 Å². The number of hydrogen-bond acceptors (Lipinski definition) is 8. The Morgan fingerprint density at radius 2 is 1.59 bits per heavy atom. The van der Waals surface area contributed by atoms with Gasteiger partial charge in [0.25, 0.3) is 0 Å². The number of dihydropyridines is 1. The lowest BCUT2D eigenvalue weighted by Crippen LogP contribution is -2.33. The van der Waals surface area contributed by atoms with Crippen molar-refractivity contribution in [3.63, 3.8) is 0 Å². The Labute approximate surface area is 251 Å². The fourth-order valence-corrected chi connectivity index (χ4v) is 4.86. The second-order valence-corrected chi connectivity index (χ2v) is 9.80. The molecular formula is C32H30F3N3O6. The van der Waals surface area contributed by atoms with Gasteiger partial charge < -0.3 is 24.5 Å². The largest absolute Gasteiger partial charge is 0.466 e. The van der Waals surface area contributed by atoms with Crippen molar-refractivity contribution < 1.29 is 41.8 Å². The van der Waals surface area contributed by atoms with Crippen molar-refractivity contribution >= 4 is 24.0 Å². The zero-order valence-corrected chi connectivity index (χ0v) is 24.2. The maximum absolute atomic E-state index is 14.0. The Morgan fingerprint density at radius 1 is 0.932 bits per heavy atom. The van der Waals surface area contributed by atoms with Crippen molar-refractivity contribution in [2.75, 3.05) is 20.3 Å². The molecule has 0 saturated carbocycles. The third-order valence-electron chi connectivity index (χ3n) is 6.84. The van der Waals surface area contributed by atoms with Crippen LogP contribution in [0.1, 0.15) is 47.8 Å². The Bertz CT molecular complexity index is 1610. The van der Waals surface area contributed by atoms with Crippen molar-refractivity contribution in [3.05, 3.63) is 118 Å². The van der Waals surface area contributed by atoms with Gasteiger partial charge in [-0.15, -0.1) is 0 Å². The fraction of sp³-hybridized carbons (Fsp3) is 0.250. The number of methoxy groups -OCH3 is 1. The average Bonchev–Trinajstić information content (AvgIpc) is 3.51. The van der Waals surface area contributed by atoms with Gasteiger partial charge in [-0.25, -0.2) is 19.4 Å². The first kappa shape index (κ1) is 31.8. The zero-order valence-electron chi connectivity index (χ0n) is 24.2. The Morgan fingerprint density at radius 3 is 2.23 bits per heavy atom. The van der Waals surface area contributed by atoms with Crippen LogP contribution in [0, 0.1) is 0 Å². The molecule has 3 aromatic rings. The monoisotopic (exact) mass is 609 g/mol. The summed E-state index contributed by atoms with van der Waals surface area (Å²) in [6.07, 6.45) is 2.10. The number of benzene rings is 2. The van der Waals surface area contributed by atoms with E-state index in [1.165, 1.54) is 38.1 Å². The Balaban J connectivity index is 1.41. The number of alkyl halides is 3. The van der Waals surface area contributed by atoms with Crippen LogP contribution >= 0.6 is 0 Å². The van der Waals surface area contributed by atoms with Crippen LogP contribution < -0.4 is 5.32 Å². The Kier molecular flexibility index (Phi) is 10.0. The lowest BCUT2D eigenvalue weighted by molar-refractivity contribution is -0.147. The predicted molar refractivity (Wildman–Crippen MR) is 154 cm³/mol. The first-order chi connectivity index (χ1) is 21.0. The number of H-pyrrole nitrogens is 1. The molecule has 0 saturated heterocycles. The van der Waals surface area contributed by atoms with E-state index in [2.05, 4.69) is 15.3 Å². The number of esters is 3. The first-order valence-electron chi connectivity index (χ1n) is 13.5. The summed E-state index contributed by atoms with van der Waals surface area (Å²) >= 11 is 0. The van der Waals surface area contributed by atoms with Gasteiger partial charge in [0.15, 0.2) is 0 Å². The molecule has 0 bridgehead atoms. The quantitative estimate of drug-likeness (QED) is 0.139. The van der Waals surface area contributed by atoms with E-state index in [9.17, 15) is 27.6 Å². The van der Waals surface area contributed by atoms with E-state index in [4.69, 9.17) is 14.2 Å². The number of halogens is 3. The number of rotatable bonds is 10. The van der Waals surface area contributed by atoms with E-state index >= 15 is 0 Å². The normalized spacial score (nSPS) is 15.3. The number of aromatic amines is 1. The van der Waals surface area contributed by atoms with E-state index in [0.717, 1.165) is 30.1 Å². The summed E-state index contributed by atoms with van der Waals surface area (Å²) in [7, 11) is 1.10. The molecule has 4 rings (SSSR count). The molecule has 9 nitrogen and oxygen atoms in total. The van der Waals surface area contributed by atoms with E-state index in [1.807, 2.05) is 24.3 Å². The number of ether oxygens (including phenoxy) is 3. The van der Waals surface area contributed by atoms with Crippen molar-refractivity contribution in [2.45, 2.75) is 32.4 Å². The van der Waals surface area contributed by atoms with Gasteiger partial charge in [0.1, 0.15) is 19.0 Å². The van der Waals surface area contributed by atoms with Crippen molar-refractivity contribution in [2.24, 2.45) is 0 Å². The molecule has 0 radical (unpaired) electrons. The first-order valence-corrected chi connectivity index (χ1v) is 13.5. The summed E-state index contributed by atoms with van der Waals surface area (Å²) in [6, 6.07) is 12.2. The highest BCUT2D eigenvalue weighted by atomic mass is 19.4. The minimum absolute atomic E-state index is 0.160. The van der Waals surface area contributed by atoms with Crippen molar-refractivity contribution in [1.29, 1.82) is 0 Å². The summed E-state index contributed by atoms with van der Waals surface area (Å²) < 4.78 is 57.2. The van der Waals surface area contributed by atoms with E-state index in [1.54, 1.807) is 18.5 Å². The third-order valence-corrected chi connectivity index (χ3v) is 6.84. The lowest BCUT2D eigenvalue weighted by atomic mass is 9.78. The summed E-state index contributed by atoms with van der Waals surface area (Å²) in [5.41, 5.74) is 0.567. The topological polar surface area (TPSA) is 120 Å². The number of nitrogens with one attached hydrogen (secondary N) is 2. The standard InChI is InChI=1S/C32H30F3N3O6/c1-19-27(30(40)42-3)29(23-6-4-5-7-24(23)32(33,34)35)28(20(2)38-19)31(41)44-17-16-43-26(39)13-12-21-8-10-22(11-9-21)18-25-36-14-15-37-25/h4-15,29,38H,16-18H2,1-3H3,(H,36,37). The van der Waals surface area contributed by atoms with Crippen molar-refractivity contribution in [1.82, 2.24) is 15.3 Å². The molecule has 2 heterocycles. The summed E-state index contributed by atoms with van der Waals surface area (Å²) in [6.45, 7) is 2.31. The maximum Gasteiger partial charge on any atom is 0.416 e. The number of aromatic nitrogens is 2. The molecule has 1 aromatic heterocycles. The summed E-state index contributed by atoms with van der Waals surface area (Å²) in [5, 5.41) is 2.87. The SMILES string of the molecule is COC(=O)C1=C(C)NC(C)=C(C(=O)OCCOC(=O)C=Cc2ccc(Cc3ncc[nH]3)cc2)C1c1ccccc1C(F)(F)F. The second-order valence-electron chi connectivity index (χ2n) is 9.80. The summed E-state index contributed by atoms with van der Waals surface area (Å²) in [4.78, 5) is 45.4. The van der Waals surface area contributed by atoms with Gasteiger partial charge in [-0.05, 0) is 42.7 Å². The van der Waals surface area contributed by atoms with Crippen LogP contribution in [0.15, 0.2) is 89.5 Å². The number of imidazole rings is 1. The number of carbonyl (C=O) groups excluding carboxylic acids is 3. The fourth-order valence-electron chi connectivity index (χ4n) is 4.86. The zero-order chi connectivity index (χ0) is 31.9. The van der Waals surface area contributed by atoms with Crippen LogP contribution in [0.4, 0.5) is 13.2 Å². The van der Waals surface area contributed by atoms with E-state index in [-0.39, 0.29) is 41.3 Å². The molecule has 1 aliphatic rings. The molecule has 2 aromatic carbocycles. The average molecular weight is 610 g/mol. The number of hydrogen-bond donors (Lipinski definition) is 2. The van der Waals surface area contributed by atoms with Crippen LogP contribution in [0.2, 0.25) is 0 Å². The molecule has 0 aliphatic carbocycles. The smallest absolute Gasteiger partial charge is 0.416 e. The highest BCUT2D eigenvalue weighted by Crippen LogP contribution is 2.44. The molecule has 0 amide bonds. The molecule has 44 heavy (non-hydrogen) atoms. The van der Waals surface area contributed by atoms with Gasteiger partial charge >= 0.3 is 24.1 Å². The molecule has 2 N–H and O–H groups in total. The molecule has 230 valence electrons. The molecule has 0 spiro atoms. The van der Waals surface area contributed by atoms with Gasteiger partial charge in [-0.2, -0.15) is 13.2 Å². The Hall–Kier alpha value is -5.13. The van der Waals surface area contributed by atoms with Crippen LogP contribution in [0.5, 0.6) is 0 Å². The predicted octanol–water partition coefficient (Wildman–Crippen LogP) is 5.23. The minimum atomic E-state index is -4.76. The molecule has 1 unspecified atom stereocenters. The summed E-state index contributed by atoms with van der Waals surface area (Å²) in [5.74, 6) is -3.15. The van der Waals surface area contributed by atoms with Gasteiger partial charge in [0.2, 0.25) is 0 Å². The highest BCUT2D eigenvalue weighted by molar-refractivity contribution is 6.00. The van der Waals surface area contributed by atoms with Gasteiger partial charge in [0, 0.05) is 36.3 Å². The highest BCUT2D eigenvalue weighted by Gasteiger charge is 2.43. The van der Waals surface area contributed by atoms with E-state index < -0.39 is 35.6 Å². The maximum atomic E-state index is 14.0. The molecule has 1 atom stereocenters. The van der Waals surface area contributed by atoms with Gasteiger partial charge in [-0.1, -0.05) is 42.5 Å². The van der Waals surface area contributed by atoms with Gasteiger partial charge in [-0.3, -0.25) is 0 Å². The molecular weight excluding hydrogens is 579 g/mol. The molecule has 12 heteroatoms. The van der Waals surface area contributed by atoms with Crippen LogP contribution in [0.3, 0.4) is 0 Å². The van der Waals surface area contributed by atoms with Crippen LogP contribution in [-0.2, 0) is 41.2 Å². The molecule has 0 fully saturated rings. The number of carbonyl (C=O) groups is 3. The van der Waals surface area contributed by atoms with Crippen molar-refractivity contribution in [3.8, 4) is 0 Å². The third kappa shape index (κ3) is 7.63. The van der Waals surface area contributed by atoms with E-state index in [0.29, 0.717) is 6.42 Å². The number of nitrogens with zero attached hydrogens (tertiary/aromatic N) is 1. The van der Waals surface area contributed by atoms with Crippen LogP contribution in [-0.4, -0.2) is 48.2 Å². The van der Waals surface area contributed by atoms with Crippen LogP contribution in [0.25, 0.3) is 6.08 Å². The second kappa shape index (κ2) is 13.9. The lowest BCUT2D eigenvalue weighted by Gasteiger charge is -2.31.